The summed E-state index contributed by atoms with van der Waals surface area (Å²) in [4.78, 5) is 24.1. The second-order valence-corrected chi connectivity index (χ2v) is 8.89. The van der Waals surface area contributed by atoms with Gasteiger partial charge in [0.05, 0.1) is 5.75 Å². The number of hydrogen-bond acceptors (Lipinski definition) is 5. The van der Waals surface area contributed by atoms with Crippen LogP contribution in [-0.2, 0) is 17.6 Å². The topological polar surface area (TPSA) is 54.9 Å². The molecule has 1 aliphatic carbocycles. The third kappa shape index (κ3) is 3.46. The van der Waals surface area contributed by atoms with Gasteiger partial charge in [-0.25, -0.2) is 9.97 Å². The average molecular weight is 404 g/mol. The summed E-state index contributed by atoms with van der Waals surface area (Å²) >= 11 is 9.28. The molecule has 26 heavy (non-hydrogen) atoms. The van der Waals surface area contributed by atoms with E-state index in [1.807, 2.05) is 26.0 Å². The number of thiophene rings is 1. The number of benzene rings is 1. The lowest BCUT2D eigenvalue weighted by atomic mass is 10.2. The molecule has 0 atom stereocenters. The molecule has 2 heterocycles. The Morgan fingerprint density at radius 1 is 1.31 bits per heavy atom. The molecule has 134 valence electrons. The van der Waals surface area contributed by atoms with E-state index in [1.54, 1.807) is 17.4 Å². The van der Waals surface area contributed by atoms with Crippen molar-refractivity contribution in [1.82, 2.24) is 9.97 Å². The molecule has 4 rings (SSSR count). The Labute approximate surface area is 165 Å². The Morgan fingerprint density at radius 2 is 2.15 bits per heavy atom. The molecule has 0 saturated heterocycles. The zero-order chi connectivity index (χ0) is 18.3. The van der Waals surface area contributed by atoms with Crippen LogP contribution in [0.1, 0.15) is 28.2 Å². The minimum atomic E-state index is -0.0587. The monoisotopic (exact) mass is 403 g/mol. The number of aromatic nitrogens is 2. The number of hydrogen-bond donors (Lipinski definition) is 1. The van der Waals surface area contributed by atoms with Crippen LogP contribution in [-0.4, -0.2) is 21.6 Å². The highest BCUT2D eigenvalue weighted by atomic mass is 35.5. The molecule has 1 amide bonds. The van der Waals surface area contributed by atoms with Crippen molar-refractivity contribution in [2.24, 2.45) is 0 Å². The summed E-state index contributed by atoms with van der Waals surface area (Å²) in [5.41, 5.74) is 3.13. The molecule has 2 aromatic heterocycles. The fourth-order valence-electron chi connectivity index (χ4n) is 3.22. The first-order valence-corrected chi connectivity index (χ1v) is 10.7. The predicted octanol–water partition coefficient (Wildman–Crippen LogP) is 5.18. The quantitative estimate of drug-likeness (QED) is 0.481. The van der Waals surface area contributed by atoms with E-state index in [1.165, 1.54) is 28.6 Å². The normalized spacial score (nSPS) is 13.2. The molecule has 4 nitrogen and oxygen atoms in total. The lowest BCUT2D eigenvalue weighted by Gasteiger charge is -2.09. The Morgan fingerprint density at radius 3 is 3.00 bits per heavy atom. The minimum absolute atomic E-state index is 0.0587. The van der Waals surface area contributed by atoms with Crippen LogP contribution in [0.5, 0.6) is 0 Å². The number of amides is 1. The van der Waals surface area contributed by atoms with Crippen LogP contribution in [0.4, 0.5) is 5.69 Å². The van der Waals surface area contributed by atoms with E-state index in [0.29, 0.717) is 10.8 Å². The molecule has 0 bridgehead atoms. The lowest BCUT2D eigenvalue weighted by molar-refractivity contribution is -0.113. The summed E-state index contributed by atoms with van der Waals surface area (Å²) in [6.07, 6.45) is 3.42. The van der Waals surface area contributed by atoms with Crippen molar-refractivity contribution in [3.05, 3.63) is 45.1 Å². The molecule has 1 N–H and O–H groups in total. The zero-order valence-electron chi connectivity index (χ0n) is 14.6. The van der Waals surface area contributed by atoms with Crippen molar-refractivity contribution in [2.75, 3.05) is 11.1 Å². The van der Waals surface area contributed by atoms with Crippen LogP contribution in [0.2, 0.25) is 5.02 Å². The number of anilines is 1. The van der Waals surface area contributed by atoms with Gasteiger partial charge < -0.3 is 5.32 Å². The van der Waals surface area contributed by atoms with Gasteiger partial charge in [-0.1, -0.05) is 29.4 Å². The largest absolute Gasteiger partial charge is 0.325 e. The van der Waals surface area contributed by atoms with E-state index < -0.39 is 0 Å². The number of halogens is 1. The first kappa shape index (κ1) is 17.8. The summed E-state index contributed by atoms with van der Waals surface area (Å²) in [6, 6.07) is 5.49. The first-order chi connectivity index (χ1) is 12.5. The van der Waals surface area contributed by atoms with Crippen molar-refractivity contribution in [2.45, 2.75) is 38.1 Å². The molecule has 1 aromatic carbocycles. The summed E-state index contributed by atoms with van der Waals surface area (Å²) in [5, 5.41) is 5.64. The molecule has 0 fully saturated rings. The molecule has 0 aliphatic heterocycles. The molecule has 0 spiro atoms. The van der Waals surface area contributed by atoms with Gasteiger partial charge in [-0.2, -0.15) is 0 Å². The standard InChI is InChI=1S/C19H18ClN3OS2/c1-10-6-7-12(20)8-14(10)23-16(24)9-25-18-17-13-4-3-5-15(13)26-19(17)22-11(2)21-18/h6-8H,3-5,9H2,1-2H3,(H,23,24). The van der Waals surface area contributed by atoms with Crippen molar-refractivity contribution >= 4 is 56.5 Å². The van der Waals surface area contributed by atoms with Crippen LogP contribution in [0.25, 0.3) is 10.2 Å². The first-order valence-electron chi connectivity index (χ1n) is 8.49. The maximum Gasteiger partial charge on any atom is 0.234 e. The number of carbonyl (C=O) groups excluding carboxylic acids is 1. The summed E-state index contributed by atoms with van der Waals surface area (Å²) in [7, 11) is 0. The predicted molar refractivity (Wildman–Crippen MR) is 110 cm³/mol. The second-order valence-electron chi connectivity index (χ2n) is 6.41. The van der Waals surface area contributed by atoms with E-state index in [-0.39, 0.29) is 5.91 Å². The van der Waals surface area contributed by atoms with Gasteiger partial charge in [0.15, 0.2) is 0 Å². The fourth-order valence-corrected chi connectivity index (χ4v) is 5.66. The van der Waals surface area contributed by atoms with Crippen molar-refractivity contribution in [3.63, 3.8) is 0 Å². The molecular formula is C19H18ClN3OS2. The molecule has 0 radical (unpaired) electrons. The number of nitrogens with zero attached hydrogens (tertiary/aromatic N) is 2. The number of aryl methyl sites for hydroxylation is 4. The van der Waals surface area contributed by atoms with Gasteiger partial charge in [0.25, 0.3) is 0 Å². The van der Waals surface area contributed by atoms with E-state index >= 15 is 0 Å². The fraction of sp³-hybridized carbons (Fsp3) is 0.316. The Hall–Kier alpha value is -1.63. The van der Waals surface area contributed by atoms with Crippen molar-refractivity contribution in [1.29, 1.82) is 0 Å². The van der Waals surface area contributed by atoms with Gasteiger partial charge in [0.2, 0.25) is 5.91 Å². The van der Waals surface area contributed by atoms with Gasteiger partial charge in [0.1, 0.15) is 15.7 Å². The summed E-state index contributed by atoms with van der Waals surface area (Å²) < 4.78 is 0. The van der Waals surface area contributed by atoms with Crippen LogP contribution >= 0.6 is 34.7 Å². The van der Waals surface area contributed by atoms with Crippen LogP contribution < -0.4 is 5.32 Å². The molecule has 7 heteroatoms. The Bertz CT molecular complexity index is 1020. The van der Waals surface area contributed by atoms with Gasteiger partial charge in [-0.05, 0) is 56.4 Å². The highest BCUT2D eigenvalue weighted by Gasteiger charge is 2.22. The third-order valence-corrected chi connectivity index (χ3v) is 6.85. The second kappa shape index (κ2) is 7.18. The van der Waals surface area contributed by atoms with Gasteiger partial charge >= 0.3 is 0 Å². The number of thioether (sulfide) groups is 1. The molecule has 1 aliphatic rings. The van der Waals surface area contributed by atoms with Crippen molar-refractivity contribution < 1.29 is 4.79 Å². The third-order valence-electron chi connectivity index (χ3n) is 4.46. The maximum atomic E-state index is 12.4. The molecule has 0 saturated carbocycles. The minimum Gasteiger partial charge on any atom is -0.325 e. The zero-order valence-corrected chi connectivity index (χ0v) is 16.9. The number of rotatable bonds is 4. The smallest absolute Gasteiger partial charge is 0.234 e. The summed E-state index contributed by atoms with van der Waals surface area (Å²) in [6.45, 7) is 3.86. The maximum absolute atomic E-state index is 12.4. The number of fused-ring (bicyclic) bond motifs is 3. The number of nitrogens with one attached hydrogen (secondary N) is 1. The number of carbonyl (C=O) groups is 1. The van der Waals surface area contributed by atoms with Crippen LogP contribution in [0, 0.1) is 13.8 Å². The Balaban J connectivity index is 1.54. The van der Waals surface area contributed by atoms with E-state index in [2.05, 4.69) is 15.3 Å². The van der Waals surface area contributed by atoms with E-state index in [4.69, 9.17) is 11.6 Å². The average Bonchev–Trinajstić information content (AvgIpc) is 3.16. The van der Waals surface area contributed by atoms with E-state index in [9.17, 15) is 4.79 Å². The molecule has 3 aromatic rings. The lowest BCUT2D eigenvalue weighted by Crippen LogP contribution is -2.15. The van der Waals surface area contributed by atoms with Gasteiger partial charge in [-0.15, -0.1) is 11.3 Å². The Kier molecular flexibility index (Phi) is 4.90. The van der Waals surface area contributed by atoms with Gasteiger partial charge in [0, 0.05) is 21.0 Å². The SMILES string of the molecule is Cc1nc(SCC(=O)Nc2cc(Cl)ccc2C)c2c3c(sc2n1)CCC3. The van der Waals surface area contributed by atoms with Gasteiger partial charge in [-0.3, -0.25) is 4.79 Å². The highest BCUT2D eigenvalue weighted by molar-refractivity contribution is 8.00. The highest BCUT2D eigenvalue weighted by Crippen LogP contribution is 2.40. The van der Waals surface area contributed by atoms with Crippen molar-refractivity contribution in [3.8, 4) is 0 Å². The molecule has 0 unspecified atom stereocenters. The van der Waals surface area contributed by atoms with E-state index in [0.717, 1.165) is 45.2 Å². The van der Waals surface area contributed by atoms with Crippen LogP contribution in [0.3, 0.4) is 0 Å². The molecular weight excluding hydrogens is 386 g/mol. The van der Waals surface area contributed by atoms with Crippen LogP contribution in [0.15, 0.2) is 23.2 Å². The summed E-state index contributed by atoms with van der Waals surface area (Å²) in [5.74, 6) is 1.00.